The number of carboxylic acids is 1. The number of thiol groups is 1. The summed E-state index contributed by atoms with van der Waals surface area (Å²) in [6.07, 6.45) is 3.21. The Morgan fingerprint density at radius 1 is 1.21 bits per heavy atom. The number of hydrogen-bond donors (Lipinski definition) is 3. The number of benzene rings is 1. The molecule has 1 aromatic carbocycles. The molecule has 0 radical (unpaired) electrons. The zero-order chi connectivity index (χ0) is 14.4. The summed E-state index contributed by atoms with van der Waals surface area (Å²) in [5.41, 5.74) is 2.02. The van der Waals surface area contributed by atoms with Crippen LogP contribution in [-0.2, 0) is 23.7 Å². The van der Waals surface area contributed by atoms with Gasteiger partial charge in [0.15, 0.2) is 0 Å². The number of hydrogen-bond acceptors (Lipinski definition) is 3. The van der Waals surface area contributed by atoms with Gasteiger partial charge in [-0.1, -0.05) is 32.8 Å². The monoisotopic (exact) mass is 285 g/mol. The molecule has 1 aromatic rings. The van der Waals surface area contributed by atoms with Gasteiger partial charge in [0.25, 0.3) is 0 Å². The van der Waals surface area contributed by atoms with E-state index in [4.69, 9.17) is 5.11 Å². The zero-order valence-corrected chi connectivity index (χ0v) is 12.0. The molecule has 0 bridgehead atoms. The van der Waals surface area contributed by atoms with Gasteiger partial charge in [0.05, 0.1) is 11.3 Å². The standard InChI is InChI=1S/C13H19NO4S/c1-3-5-9-7-8-11(13(15)16)12(14-19(17)18)10(9)6-4-2/h7-8,19H,3-6H2,1-2H3,(H,15,16)(H,14,17,18). The van der Waals surface area contributed by atoms with Crippen LogP contribution in [0.5, 0.6) is 0 Å². The molecule has 0 heterocycles. The van der Waals surface area contributed by atoms with Gasteiger partial charge in [-0.3, -0.25) is 4.72 Å². The highest BCUT2D eigenvalue weighted by atomic mass is 32.2. The smallest absolute Gasteiger partial charge is 0.337 e. The van der Waals surface area contributed by atoms with E-state index in [2.05, 4.69) is 4.72 Å². The molecule has 0 fully saturated rings. The second kappa shape index (κ2) is 7.13. The lowest BCUT2D eigenvalue weighted by Gasteiger charge is -2.15. The fraction of sp³-hybridized carbons (Fsp3) is 0.462. The predicted molar refractivity (Wildman–Crippen MR) is 75.3 cm³/mol. The molecule has 0 aliphatic carbocycles. The van der Waals surface area contributed by atoms with Crippen LogP contribution in [0.2, 0.25) is 0 Å². The van der Waals surface area contributed by atoms with Crippen LogP contribution in [0, 0.1) is 0 Å². The highest BCUT2D eigenvalue weighted by molar-refractivity contribution is 7.73. The molecule has 1 rings (SSSR count). The van der Waals surface area contributed by atoms with Crippen LogP contribution in [-0.4, -0.2) is 19.5 Å². The molecule has 6 heteroatoms. The van der Waals surface area contributed by atoms with Crippen molar-refractivity contribution >= 4 is 22.5 Å². The molecule has 5 nitrogen and oxygen atoms in total. The van der Waals surface area contributed by atoms with E-state index in [-0.39, 0.29) is 11.3 Å². The Morgan fingerprint density at radius 2 is 1.84 bits per heavy atom. The molecule has 0 aliphatic rings. The molecule has 0 aromatic heterocycles. The fourth-order valence-corrected chi connectivity index (χ4v) is 2.57. The van der Waals surface area contributed by atoms with Gasteiger partial charge in [-0.2, -0.15) is 0 Å². The zero-order valence-electron chi connectivity index (χ0n) is 11.1. The Bertz CT molecular complexity index is 530. The second-order valence-electron chi connectivity index (χ2n) is 4.30. The van der Waals surface area contributed by atoms with E-state index in [1.807, 2.05) is 13.8 Å². The minimum Gasteiger partial charge on any atom is -0.478 e. The second-order valence-corrected chi connectivity index (χ2v) is 5.04. The molecule has 0 saturated heterocycles. The first-order valence-corrected chi connectivity index (χ1v) is 7.48. The lowest BCUT2D eigenvalue weighted by molar-refractivity contribution is 0.0698. The van der Waals surface area contributed by atoms with Crippen LogP contribution in [0.3, 0.4) is 0 Å². The van der Waals surface area contributed by atoms with Crippen molar-refractivity contribution in [1.82, 2.24) is 0 Å². The molecule has 0 atom stereocenters. The third-order valence-corrected chi connectivity index (χ3v) is 3.27. The van der Waals surface area contributed by atoms with Gasteiger partial charge in [0, 0.05) is 0 Å². The summed E-state index contributed by atoms with van der Waals surface area (Å²) in [7, 11) is -2.88. The molecule has 106 valence electrons. The maximum absolute atomic E-state index is 11.2. The molecular formula is C13H19NO4S. The highest BCUT2D eigenvalue weighted by Gasteiger charge is 2.17. The first-order chi connectivity index (χ1) is 9.01. The van der Waals surface area contributed by atoms with Crippen molar-refractivity contribution in [3.05, 3.63) is 28.8 Å². The average molecular weight is 285 g/mol. The number of rotatable bonds is 7. The van der Waals surface area contributed by atoms with E-state index in [1.54, 1.807) is 6.07 Å². The van der Waals surface area contributed by atoms with E-state index >= 15 is 0 Å². The van der Waals surface area contributed by atoms with Crippen molar-refractivity contribution in [3.63, 3.8) is 0 Å². The number of carbonyl (C=O) groups is 1. The van der Waals surface area contributed by atoms with Crippen molar-refractivity contribution in [3.8, 4) is 0 Å². The van der Waals surface area contributed by atoms with Crippen molar-refractivity contribution in [2.45, 2.75) is 39.5 Å². The van der Waals surface area contributed by atoms with Crippen molar-refractivity contribution < 1.29 is 18.3 Å². The normalized spacial score (nSPS) is 10.7. The van der Waals surface area contributed by atoms with Crippen LogP contribution >= 0.6 is 0 Å². The van der Waals surface area contributed by atoms with Crippen molar-refractivity contribution in [2.24, 2.45) is 0 Å². The average Bonchev–Trinajstić information content (AvgIpc) is 2.32. The third kappa shape index (κ3) is 3.96. The Balaban J connectivity index is 3.45. The summed E-state index contributed by atoms with van der Waals surface area (Å²) in [4.78, 5) is 11.2. The van der Waals surface area contributed by atoms with Crippen LogP contribution < -0.4 is 4.72 Å². The third-order valence-electron chi connectivity index (χ3n) is 2.86. The van der Waals surface area contributed by atoms with Gasteiger partial charge in [-0.15, -0.1) is 0 Å². The number of aryl methyl sites for hydroxylation is 1. The Hall–Kier alpha value is -1.56. The van der Waals surface area contributed by atoms with E-state index < -0.39 is 16.9 Å². The van der Waals surface area contributed by atoms with Gasteiger partial charge >= 0.3 is 5.97 Å². The van der Waals surface area contributed by atoms with Crippen LogP contribution in [0.4, 0.5) is 5.69 Å². The summed E-state index contributed by atoms with van der Waals surface area (Å²) < 4.78 is 24.1. The molecule has 0 saturated carbocycles. The highest BCUT2D eigenvalue weighted by Crippen LogP contribution is 2.27. The van der Waals surface area contributed by atoms with E-state index in [0.717, 1.165) is 30.4 Å². The minimum atomic E-state index is -2.88. The van der Waals surface area contributed by atoms with Crippen LogP contribution in [0.25, 0.3) is 0 Å². The van der Waals surface area contributed by atoms with Gasteiger partial charge in [0.1, 0.15) is 0 Å². The lowest BCUT2D eigenvalue weighted by Crippen LogP contribution is -2.10. The number of carboxylic acid groups (broad SMARTS) is 1. The van der Waals surface area contributed by atoms with Gasteiger partial charge < -0.3 is 5.11 Å². The van der Waals surface area contributed by atoms with E-state index in [9.17, 15) is 13.2 Å². The molecule has 0 amide bonds. The quantitative estimate of drug-likeness (QED) is 0.671. The van der Waals surface area contributed by atoms with E-state index in [0.29, 0.717) is 6.42 Å². The topological polar surface area (TPSA) is 83.5 Å². The van der Waals surface area contributed by atoms with Crippen LogP contribution in [0.15, 0.2) is 12.1 Å². The van der Waals surface area contributed by atoms with Gasteiger partial charge in [-0.05, 0) is 30.0 Å². The Labute approximate surface area is 114 Å². The van der Waals surface area contributed by atoms with Gasteiger partial charge in [-0.25, -0.2) is 13.2 Å². The number of aromatic carboxylic acids is 1. The lowest BCUT2D eigenvalue weighted by atomic mass is 9.95. The first-order valence-electron chi connectivity index (χ1n) is 6.30. The van der Waals surface area contributed by atoms with Crippen LogP contribution in [0.1, 0.15) is 48.2 Å². The molecule has 0 spiro atoms. The fourth-order valence-electron chi connectivity index (χ4n) is 2.13. The summed E-state index contributed by atoms with van der Waals surface area (Å²) in [5.74, 6) is -1.13. The molecular weight excluding hydrogens is 266 g/mol. The van der Waals surface area contributed by atoms with E-state index in [1.165, 1.54) is 6.07 Å². The number of anilines is 1. The largest absolute Gasteiger partial charge is 0.478 e. The summed E-state index contributed by atoms with van der Waals surface area (Å²) in [5, 5.41) is 9.16. The Kier molecular flexibility index (Phi) is 5.82. The van der Waals surface area contributed by atoms with Crippen molar-refractivity contribution in [1.29, 1.82) is 0 Å². The molecule has 2 N–H and O–H groups in total. The maximum Gasteiger partial charge on any atom is 0.337 e. The predicted octanol–water partition coefficient (Wildman–Crippen LogP) is 2.23. The Morgan fingerprint density at radius 3 is 2.32 bits per heavy atom. The summed E-state index contributed by atoms with van der Waals surface area (Å²) >= 11 is 0. The minimum absolute atomic E-state index is 0.00232. The molecule has 19 heavy (non-hydrogen) atoms. The maximum atomic E-state index is 11.2. The molecule has 0 aliphatic heterocycles. The van der Waals surface area contributed by atoms with Gasteiger partial charge in [0.2, 0.25) is 10.9 Å². The summed E-state index contributed by atoms with van der Waals surface area (Å²) in [6.45, 7) is 4.01. The molecule has 0 unspecified atom stereocenters. The SMILES string of the molecule is CCCc1ccc(C(=O)O)c(N[SH](=O)=O)c1CCC. The van der Waals surface area contributed by atoms with Crippen molar-refractivity contribution in [2.75, 3.05) is 4.72 Å². The number of nitrogens with one attached hydrogen (secondary N) is 1. The first kappa shape index (κ1) is 15.5. The summed E-state index contributed by atoms with van der Waals surface area (Å²) in [6, 6.07) is 3.24.